The number of nitrogens with zero attached hydrogens (tertiary/aromatic N) is 1. The molecular weight excluding hydrogens is 332 g/mol. The molecule has 1 saturated heterocycles. The first-order valence-corrected chi connectivity index (χ1v) is 8.31. The molecule has 6 heteroatoms. The average molecular weight is 352 g/mol. The van der Waals surface area contributed by atoms with E-state index < -0.39 is 24.1 Å². The number of hydrogen-bond donors (Lipinski definition) is 1. The van der Waals surface area contributed by atoms with Gasteiger partial charge in [0.2, 0.25) is 11.8 Å². The molecule has 0 saturated carbocycles. The lowest BCUT2D eigenvalue weighted by Gasteiger charge is -2.50. The first-order valence-electron chi connectivity index (χ1n) is 8.31. The number of hydrogen-bond acceptors (Lipinski definition) is 4. The van der Waals surface area contributed by atoms with Gasteiger partial charge in [-0.05, 0) is 11.1 Å². The summed E-state index contributed by atoms with van der Waals surface area (Å²) >= 11 is 0. The molecule has 2 aromatic carbocycles. The molecule has 3 atom stereocenters. The van der Waals surface area contributed by atoms with Crippen LogP contribution in [0.4, 0.5) is 0 Å². The molecule has 6 nitrogen and oxygen atoms in total. The Balaban J connectivity index is 2.03. The van der Waals surface area contributed by atoms with Crippen LogP contribution < -0.4 is 5.32 Å². The Morgan fingerprint density at radius 2 is 1.62 bits per heavy atom. The molecule has 0 radical (unpaired) electrons. The lowest BCUT2D eigenvalue weighted by molar-refractivity contribution is -0.169. The van der Waals surface area contributed by atoms with Crippen molar-refractivity contribution < 1.29 is 19.1 Å². The number of amides is 2. The minimum absolute atomic E-state index is 0.293. The molecular formula is C20H20N2O4. The number of nitrogens with one attached hydrogen (secondary N) is 1. The van der Waals surface area contributed by atoms with Gasteiger partial charge < -0.3 is 15.0 Å². The monoisotopic (exact) mass is 352 g/mol. The van der Waals surface area contributed by atoms with Crippen LogP contribution in [0.2, 0.25) is 0 Å². The Morgan fingerprint density at radius 1 is 1.04 bits per heavy atom. The van der Waals surface area contributed by atoms with Gasteiger partial charge in [0, 0.05) is 6.92 Å². The zero-order chi connectivity index (χ0) is 18.7. The number of esters is 1. The van der Waals surface area contributed by atoms with E-state index in [9.17, 15) is 14.4 Å². The van der Waals surface area contributed by atoms with Gasteiger partial charge in [-0.15, -0.1) is 0 Å². The second-order valence-corrected chi connectivity index (χ2v) is 6.12. The van der Waals surface area contributed by atoms with Crippen molar-refractivity contribution >= 4 is 17.8 Å². The smallest absolute Gasteiger partial charge is 0.333 e. The van der Waals surface area contributed by atoms with Gasteiger partial charge >= 0.3 is 5.97 Å². The summed E-state index contributed by atoms with van der Waals surface area (Å²) in [6.07, 6.45) is 0. The maximum absolute atomic E-state index is 12.8. The number of rotatable bonds is 5. The van der Waals surface area contributed by atoms with Crippen LogP contribution in [-0.4, -0.2) is 35.8 Å². The molecule has 1 N–H and O–H groups in total. The molecule has 0 spiro atoms. The first-order chi connectivity index (χ1) is 12.5. The van der Waals surface area contributed by atoms with Gasteiger partial charge in [0.1, 0.15) is 6.04 Å². The molecule has 1 fully saturated rings. The van der Waals surface area contributed by atoms with Gasteiger partial charge in [0.25, 0.3) is 0 Å². The normalized spacial score (nSPS) is 20.1. The fraction of sp³-hybridized carbons (Fsp3) is 0.250. The van der Waals surface area contributed by atoms with Crippen molar-refractivity contribution in [1.29, 1.82) is 0 Å². The molecule has 2 amide bonds. The van der Waals surface area contributed by atoms with Gasteiger partial charge in [0.15, 0.2) is 6.04 Å². The van der Waals surface area contributed by atoms with E-state index in [0.717, 1.165) is 5.56 Å². The van der Waals surface area contributed by atoms with Crippen LogP contribution in [0.25, 0.3) is 0 Å². The Hall–Kier alpha value is -3.15. The highest BCUT2D eigenvalue weighted by Gasteiger charge is 2.53. The number of benzene rings is 2. The van der Waals surface area contributed by atoms with Gasteiger partial charge in [0.05, 0.1) is 13.2 Å². The second kappa shape index (κ2) is 7.39. The van der Waals surface area contributed by atoms with E-state index in [1.165, 1.54) is 18.9 Å². The van der Waals surface area contributed by atoms with E-state index in [1.807, 2.05) is 36.4 Å². The zero-order valence-corrected chi connectivity index (χ0v) is 14.6. The fourth-order valence-electron chi connectivity index (χ4n) is 3.32. The number of ether oxygens (including phenoxy) is 1. The average Bonchev–Trinajstić information content (AvgIpc) is 2.67. The fourth-order valence-corrected chi connectivity index (χ4v) is 3.32. The molecule has 26 heavy (non-hydrogen) atoms. The highest BCUT2D eigenvalue weighted by Crippen LogP contribution is 2.42. The number of likely N-dealkylation sites (tertiary alicyclic amines) is 1. The van der Waals surface area contributed by atoms with Gasteiger partial charge in [-0.1, -0.05) is 60.7 Å². The summed E-state index contributed by atoms with van der Waals surface area (Å²) in [5.41, 5.74) is 1.51. The molecule has 3 rings (SSSR count). The predicted octanol–water partition coefficient (Wildman–Crippen LogP) is 1.99. The second-order valence-electron chi connectivity index (χ2n) is 6.12. The van der Waals surface area contributed by atoms with Gasteiger partial charge in [-0.25, -0.2) is 4.79 Å². The molecule has 0 aliphatic carbocycles. The molecule has 1 aliphatic rings. The van der Waals surface area contributed by atoms with Crippen LogP contribution in [0.3, 0.4) is 0 Å². The summed E-state index contributed by atoms with van der Waals surface area (Å²) in [6, 6.07) is 16.3. The first kappa shape index (κ1) is 17.7. The predicted molar refractivity (Wildman–Crippen MR) is 94.8 cm³/mol. The number of carbonyl (C=O) groups excluding carboxylic acids is 3. The van der Waals surface area contributed by atoms with E-state index in [-0.39, 0.29) is 11.8 Å². The summed E-state index contributed by atoms with van der Waals surface area (Å²) < 4.78 is 4.95. The Kier molecular flexibility index (Phi) is 5.02. The van der Waals surface area contributed by atoms with E-state index in [2.05, 4.69) is 5.32 Å². The number of methoxy groups -OCH3 is 1. The van der Waals surface area contributed by atoms with Crippen LogP contribution >= 0.6 is 0 Å². The molecule has 0 bridgehead atoms. The maximum atomic E-state index is 12.8. The van der Waals surface area contributed by atoms with Crippen LogP contribution in [0.5, 0.6) is 0 Å². The molecule has 2 aromatic rings. The van der Waals surface area contributed by atoms with Crippen molar-refractivity contribution in [3.63, 3.8) is 0 Å². The third-order valence-corrected chi connectivity index (χ3v) is 4.45. The van der Waals surface area contributed by atoms with Crippen LogP contribution in [0.1, 0.15) is 30.1 Å². The summed E-state index contributed by atoms with van der Waals surface area (Å²) in [7, 11) is 1.30. The standard InChI is InChI=1S/C20H20N2O4/c1-13(23)21-16-17(14-9-5-3-6-10-14)22(19(16)24)18(20(25)26-2)15-11-7-4-8-12-15/h3-12,16-18H,1-2H3,(H,21,23). The number of β-lactam (4-membered cyclic amide) rings is 1. The maximum Gasteiger partial charge on any atom is 0.333 e. The third-order valence-electron chi connectivity index (χ3n) is 4.45. The summed E-state index contributed by atoms with van der Waals surface area (Å²) in [5.74, 6) is -1.13. The Labute approximate surface area is 151 Å². The van der Waals surface area contributed by atoms with Crippen molar-refractivity contribution in [2.24, 2.45) is 0 Å². The summed E-state index contributed by atoms with van der Waals surface area (Å²) in [5, 5.41) is 2.69. The van der Waals surface area contributed by atoms with Crippen molar-refractivity contribution in [3.05, 3.63) is 71.8 Å². The molecule has 1 heterocycles. The lowest BCUT2D eigenvalue weighted by atomic mass is 9.85. The van der Waals surface area contributed by atoms with Crippen LogP contribution in [0, 0.1) is 0 Å². The highest BCUT2D eigenvalue weighted by atomic mass is 16.5. The largest absolute Gasteiger partial charge is 0.467 e. The van der Waals surface area contributed by atoms with E-state index in [1.54, 1.807) is 24.3 Å². The Bertz CT molecular complexity index is 807. The molecule has 134 valence electrons. The summed E-state index contributed by atoms with van der Waals surface area (Å²) in [6.45, 7) is 1.37. The summed E-state index contributed by atoms with van der Waals surface area (Å²) in [4.78, 5) is 38.3. The topological polar surface area (TPSA) is 75.7 Å². The van der Waals surface area contributed by atoms with Crippen molar-refractivity contribution in [1.82, 2.24) is 10.2 Å². The minimum atomic E-state index is -0.871. The molecule has 3 unspecified atom stereocenters. The van der Waals surface area contributed by atoms with E-state index >= 15 is 0 Å². The van der Waals surface area contributed by atoms with E-state index in [0.29, 0.717) is 5.56 Å². The zero-order valence-electron chi connectivity index (χ0n) is 14.6. The van der Waals surface area contributed by atoms with Crippen molar-refractivity contribution in [3.8, 4) is 0 Å². The quantitative estimate of drug-likeness (QED) is 0.660. The Morgan fingerprint density at radius 3 is 2.15 bits per heavy atom. The number of carbonyl (C=O) groups is 3. The van der Waals surface area contributed by atoms with Crippen LogP contribution in [-0.2, 0) is 19.1 Å². The van der Waals surface area contributed by atoms with Crippen molar-refractivity contribution in [2.75, 3.05) is 7.11 Å². The molecule has 1 aliphatic heterocycles. The van der Waals surface area contributed by atoms with E-state index in [4.69, 9.17) is 4.74 Å². The molecule has 0 aromatic heterocycles. The van der Waals surface area contributed by atoms with Crippen molar-refractivity contribution in [2.45, 2.75) is 25.0 Å². The van der Waals surface area contributed by atoms with Crippen LogP contribution in [0.15, 0.2) is 60.7 Å². The third kappa shape index (κ3) is 3.18. The highest BCUT2D eigenvalue weighted by molar-refractivity contribution is 5.97. The SMILES string of the molecule is COC(=O)C(c1ccccc1)N1C(=O)C(NC(C)=O)C1c1ccccc1. The van der Waals surface area contributed by atoms with Gasteiger partial charge in [-0.3, -0.25) is 9.59 Å². The minimum Gasteiger partial charge on any atom is -0.467 e. The lowest BCUT2D eigenvalue weighted by Crippen LogP contribution is -2.66. The van der Waals surface area contributed by atoms with Gasteiger partial charge in [-0.2, -0.15) is 0 Å².